The molecule has 0 aromatic heterocycles. The summed E-state index contributed by atoms with van der Waals surface area (Å²) in [5.74, 6) is -1.46. The maximum Gasteiger partial charge on any atom is 0.323 e. The highest BCUT2D eigenvalue weighted by molar-refractivity contribution is 8.02. The third-order valence-electron chi connectivity index (χ3n) is 3.27. The molecule has 0 bridgehead atoms. The van der Waals surface area contributed by atoms with Crippen molar-refractivity contribution in [2.45, 2.75) is 17.0 Å². The van der Waals surface area contributed by atoms with Gasteiger partial charge in [0.25, 0.3) is 0 Å². The fraction of sp³-hybridized carbons (Fsp3) is 0.800. The van der Waals surface area contributed by atoms with Gasteiger partial charge in [-0.25, -0.2) is 0 Å². The molecular weight excluding hydrogens is 244 g/mol. The number of hydrogen-bond donors (Lipinski definition) is 3. The van der Waals surface area contributed by atoms with E-state index in [9.17, 15) is 14.7 Å². The first-order chi connectivity index (χ1) is 8.05. The summed E-state index contributed by atoms with van der Waals surface area (Å²) in [4.78, 5) is 24.5. The second kappa shape index (κ2) is 4.47. The first kappa shape index (κ1) is 12.7. The van der Waals surface area contributed by atoms with E-state index in [0.717, 1.165) is 0 Å². The largest absolute Gasteiger partial charge is 0.480 e. The maximum atomic E-state index is 11.6. The lowest BCUT2D eigenvalue weighted by molar-refractivity contribution is -0.152. The maximum absolute atomic E-state index is 11.6. The van der Waals surface area contributed by atoms with E-state index in [0.29, 0.717) is 13.1 Å². The fourth-order valence-electron chi connectivity index (χ4n) is 2.24. The summed E-state index contributed by atoms with van der Waals surface area (Å²) in [5, 5.41) is 21.3. The number of aliphatic hydroxyl groups is 1. The van der Waals surface area contributed by atoms with Crippen LogP contribution in [0.25, 0.3) is 0 Å². The molecular formula is C10H16N2O4S. The Morgan fingerprint density at radius 2 is 2.41 bits per heavy atom. The summed E-state index contributed by atoms with van der Waals surface area (Å²) in [7, 11) is 0. The predicted molar refractivity (Wildman–Crippen MR) is 62.6 cm³/mol. The number of nitrogens with zero attached hydrogens (tertiary/aromatic N) is 1. The number of carboxylic acids is 1. The molecule has 0 spiro atoms. The zero-order chi connectivity index (χ0) is 12.6. The van der Waals surface area contributed by atoms with Crippen molar-refractivity contribution in [3.63, 3.8) is 0 Å². The molecule has 2 aliphatic rings. The van der Waals surface area contributed by atoms with Crippen LogP contribution in [0.4, 0.5) is 0 Å². The van der Waals surface area contributed by atoms with Gasteiger partial charge < -0.3 is 20.4 Å². The average molecular weight is 260 g/mol. The van der Waals surface area contributed by atoms with Gasteiger partial charge in [-0.2, -0.15) is 0 Å². The summed E-state index contributed by atoms with van der Waals surface area (Å²) in [6, 6.07) is 0. The number of β-lactam (4-membered cyclic amide) rings is 1. The van der Waals surface area contributed by atoms with E-state index >= 15 is 0 Å². The summed E-state index contributed by atoms with van der Waals surface area (Å²) in [5.41, 5.74) is 0. The zero-order valence-electron chi connectivity index (χ0n) is 9.55. The van der Waals surface area contributed by atoms with Crippen LogP contribution in [0.2, 0.25) is 0 Å². The summed E-state index contributed by atoms with van der Waals surface area (Å²) < 4.78 is -0.972. The van der Waals surface area contributed by atoms with E-state index in [1.165, 1.54) is 11.8 Å². The molecule has 3 atom stereocenters. The predicted octanol–water partition coefficient (Wildman–Crippen LogP) is -1.06. The number of nitrogens with one attached hydrogen (secondary N) is 1. The molecule has 0 radical (unpaired) electrons. The van der Waals surface area contributed by atoms with Gasteiger partial charge >= 0.3 is 5.97 Å². The van der Waals surface area contributed by atoms with Crippen LogP contribution < -0.4 is 5.32 Å². The first-order valence-electron chi connectivity index (χ1n) is 5.59. The molecule has 6 nitrogen and oxygen atoms in total. The molecule has 0 aromatic carbocycles. The number of fused-ring (bicyclic) bond motifs is 1. The molecule has 0 aromatic rings. The van der Waals surface area contributed by atoms with Gasteiger partial charge in [-0.3, -0.25) is 9.59 Å². The molecule has 17 heavy (non-hydrogen) atoms. The lowest BCUT2D eigenvalue weighted by Gasteiger charge is -2.40. The molecule has 7 heteroatoms. The lowest BCUT2D eigenvalue weighted by atomic mass is 9.97. The Bertz CT molecular complexity index is 351. The van der Waals surface area contributed by atoms with E-state index in [2.05, 4.69) is 5.32 Å². The van der Waals surface area contributed by atoms with E-state index in [4.69, 9.17) is 5.11 Å². The van der Waals surface area contributed by atoms with E-state index in [-0.39, 0.29) is 24.4 Å². The molecule has 1 amide bonds. The van der Waals surface area contributed by atoms with Crippen LogP contribution in [-0.2, 0) is 9.59 Å². The summed E-state index contributed by atoms with van der Waals surface area (Å²) in [6.07, 6.45) is 0. The third kappa shape index (κ3) is 1.82. The average Bonchev–Trinajstić information content (AvgIpc) is 2.64. The monoisotopic (exact) mass is 260 g/mol. The van der Waals surface area contributed by atoms with Gasteiger partial charge in [0.15, 0.2) is 0 Å². The number of thioether (sulfide) groups is 1. The Morgan fingerprint density at radius 3 is 2.94 bits per heavy atom. The number of rotatable bonds is 5. The van der Waals surface area contributed by atoms with Gasteiger partial charge in [-0.05, 0) is 6.54 Å². The number of carbonyl (C=O) groups excluding carboxylic acids is 1. The molecule has 2 heterocycles. The van der Waals surface area contributed by atoms with E-state index in [1.54, 1.807) is 4.90 Å². The van der Waals surface area contributed by atoms with Crippen molar-refractivity contribution in [1.82, 2.24) is 10.2 Å². The highest BCUT2D eigenvalue weighted by atomic mass is 32.2. The van der Waals surface area contributed by atoms with Gasteiger partial charge in [0.05, 0.1) is 17.9 Å². The van der Waals surface area contributed by atoms with Crippen LogP contribution in [0.3, 0.4) is 0 Å². The van der Waals surface area contributed by atoms with Gasteiger partial charge in [0.2, 0.25) is 5.91 Å². The fourth-order valence-corrected chi connectivity index (χ4v) is 3.87. The Balaban J connectivity index is 2.12. The number of aliphatic hydroxyl groups excluding tert-OH is 1. The highest BCUT2D eigenvalue weighted by Crippen LogP contribution is 2.49. The molecule has 96 valence electrons. The van der Waals surface area contributed by atoms with Crippen molar-refractivity contribution in [2.75, 3.05) is 26.2 Å². The number of hydrogen-bond acceptors (Lipinski definition) is 5. The molecule has 2 aliphatic heterocycles. The lowest BCUT2D eigenvalue weighted by Crippen LogP contribution is -2.58. The Kier molecular flexibility index (Phi) is 3.33. The topological polar surface area (TPSA) is 89.9 Å². The molecule has 3 N–H and O–H groups in total. The molecule has 0 aliphatic carbocycles. The highest BCUT2D eigenvalue weighted by Gasteiger charge is 2.61. The van der Waals surface area contributed by atoms with Crippen LogP contribution in [-0.4, -0.2) is 63.4 Å². The normalized spacial score (nSPS) is 35.6. The van der Waals surface area contributed by atoms with E-state index in [1.807, 2.05) is 6.92 Å². The van der Waals surface area contributed by atoms with Crippen molar-refractivity contribution >= 4 is 23.6 Å². The van der Waals surface area contributed by atoms with Gasteiger partial charge in [-0.15, -0.1) is 11.8 Å². The van der Waals surface area contributed by atoms with Gasteiger partial charge in [-0.1, -0.05) is 6.92 Å². The first-order valence-corrected chi connectivity index (χ1v) is 6.47. The SMILES string of the molecule is CCNCC1(C(=O)O)CN2C(=O)[C@H](CO)[C@H]2S1. The number of aliphatic carboxylic acids is 1. The summed E-state index contributed by atoms with van der Waals surface area (Å²) in [6.45, 7) is 2.95. The Labute approximate surface area is 103 Å². The van der Waals surface area contributed by atoms with Crippen LogP contribution in [0.5, 0.6) is 0 Å². The van der Waals surface area contributed by atoms with Crippen LogP contribution in [0.1, 0.15) is 6.92 Å². The minimum absolute atomic E-state index is 0.135. The second-order valence-electron chi connectivity index (χ2n) is 4.34. The smallest absolute Gasteiger partial charge is 0.323 e. The second-order valence-corrected chi connectivity index (χ2v) is 5.84. The molecule has 1 unspecified atom stereocenters. The van der Waals surface area contributed by atoms with Crippen molar-refractivity contribution in [3.05, 3.63) is 0 Å². The summed E-state index contributed by atoms with van der Waals surface area (Å²) >= 11 is 1.28. The van der Waals surface area contributed by atoms with E-state index < -0.39 is 16.6 Å². The number of carbonyl (C=O) groups is 2. The van der Waals surface area contributed by atoms with Gasteiger partial charge in [0.1, 0.15) is 4.75 Å². The van der Waals surface area contributed by atoms with Crippen molar-refractivity contribution in [1.29, 1.82) is 0 Å². The zero-order valence-corrected chi connectivity index (χ0v) is 10.4. The molecule has 2 saturated heterocycles. The van der Waals surface area contributed by atoms with Gasteiger partial charge in [0, 0.05) is 13.1 Å². The van der Waals surface area contributed by atoms with Crippen LogP contribution >= 0.6 is 11.8 Å². The number of amides is 1. The molecule has 2 fully saturated rings. The van der Waals surface area contributed by atoms with Crippen molar-refractivity contribution in [2.24, 2.45) is 5.92 Å². The third-order valence-corrected chi connectivity index (χ3v) is 4.99. The minimum Gasteiger partial charge on any atom is -0.480 e. The molecule has 0 saturated carbocycles. The van der Waals surface area contributed by atoms with Crippen LogP contribution in [0, 0.1) is 5.92 Å². The molecule has 2 rings (SSSR count). The quantitative estimate of drug-likeness (QED) is 0.546. The van der Waals surface area contributed by atoms with Crippen molar-refractivity contribution < 1.29 is 19.8 Å². The Hall–Kier alpha value is -0.790. The number of carboxylic acid groups (broad SMARTS) is 1. The minimum atomic E-state index is -0.972. The van der Waals surface area contributed by atoms with Crippen molar-refractivity contribution in [3.8, 4) is 0 Å². The Morgan fingerprint density at radius 1 is 1.71 bits per heavy atom. The standard InChI is InChI=1S/C10H16N2O4S/c1-2-11-4-10(9(15)16)5-12-7(14)6(3-13)8(12)17-10/h6,8,11,13H,2-5H2,1H3,(H,15,16)/t6-,8+,10?/m0/s1. The van der Waals surface area contributed by atoms with Crippen LogP contribution in [0.15, 0.2) is 0 Å².